The van der Waals surface area contributed by atoms with Crippen LogP contribution in [0.15, 0.2) is 97.1 Å². The van der Waals surface area contributed by atoms with E-state index in [0.29, 0.717) is 5.75 Å². The molecule has 4 aromatic carbocycles. The van der Waals surface area contributed by atoms with E-state index < -0.39 is 6.10 Å². The van der Waals surface area contributed by atoms with Gasteiger partial charge in [-0.05, 0) is 73.5 Å². The number of nitrogens with zero attached hydrogens (tertiary/aromatic N) is 1. The second-order valence-electron chi connectivity index (χ2n) is 8.65. The third-order valence-electron chi connectivity index (χ3n) is 5.74. The first-order valence-corrected chi connectivity index (χ1v) is 11.8. The number of benzene rings is 4. The summed E-state index contributed by atoms with van der Waals surface area (Å²) in [6.07, 6.45) is 3.27. The quantitative estimate of drug-likeness (QED) is 0.271. The molecule has 4 nitrogen and oxygen atoms in total. The summed E-state index contributed by atoms with van der Waals surface area (Å²) >= 11 is 0. The lowest BCUT2D eigenvalue weighted by Gasteiger charge is -2.25. The van der Waals surface area contributed by atoms with Gasteiger partial charge in [0.25, 0.3) is 0 Å². The van der Waals surface area contributed by atoms with Crippen molar-refractivity contribution in [2.75, 3.05) is 18.1 Å². The van der Waals surface area contributed by atoms with E-state index in [1.54, 1.807) is 0 Å². The molecule has 0 aliphatic rings. The number of hydrogen-bond acceptors (Lipinski definition) is 4. The van der Waals surface area contributed by atoms with Crippen molar-refractivity contribution in [3.63, 3.8) is 0 Å². The van der Waals surface area contributed by atoms with Crippen molar-refractivity contribution in [2.24, 2.45) is 0 Å². The number of hydrogen-bond donors (Lipinski definition) is 2. The van der Waals surface area contributed by atoms with E-state index in [0.717, 1.165) is 28.2 Å². The summed E-state index contributed by atoms with van der Waals surface area (Å²) < 4.78 is 5.46. The highest BCUT2D eigenvalue weighted by molar-refractivity contribution is 5.78. The summed E-state index contributed by atoms with van der Waals surface area (Å²) in [5.41, 5.74) is 7.97. The number of ether oxygens (including phenoxy) is 1. The van der Waals surface area contributed by atoms with E-state index >= 15 is 0 Å². The molecule has 35 heavy (non-hydrogen) atoms. The molecule has 4 heteroatoms. The van der Waals surface area contributed by atoms with E-state index in [4.69, 9.17) is 9.84 Å². The van der Waals surface area contributed by atoms with Gasteiger partial charge in [-0.3, -0.25) is 0 Å². The third kappa shape index (κ3) is 6.60. The number of aliphatic hydroxyl groups is 2. The van der Waals surface area contributed by atoms with E-state index in [9.17, 15) is 5.11 Å². The maximum absolute atomic E-state index is 9.40. The normalized spacial score (nSPS) is 12.0. The van der Waals surface area contributed by atoms with Crippen molar-refractivity contribution in [3.8, 4) is 5.75 Å². The summed E-state index contributed by atoms with van der Waals surface area (Å²) in [7, 11) is 0. The Kier molecular flexibility index (Phi) is 7.99. The van der Waals surface area contributed by atoms with Crippen LogP contribution in [0.1, 0.15) is 22.3 Å². The Balaban J connectivity index is 1.50. The van der Waals surface area contributed by atoms with Crippen molar-refractivity contribution in [2.45, 2.75) is 20.0 Å². The van der Waals surface area contributed by atoms with Gasteiger partial charge >= 0.3 is 0 Å². The fourth-order valence-corrected chi connectivity index (χ4v) is 3.68. The van der Waals surface area contributed by atoms with Gasteiger partial charge in [0.05, 0.1) is 6.61 Å². The second-order valence-corrected chi connectivity index (χ2v) is 8.65. The molecule has 0 aliphatic carbocycles. The molecule has 0 heterocycles. The van der Waals surface area contributed by atoms with Crippen LogP contribution in [0.25, 0.3) is 12.2 Å². The van der Waals surface area contributed by atoms with Crippen LogP contribution in [-0.2, 0) is 0 Å². The molecule has 0 bridgehead atoms. The molecule has 0 aromatic heterocycles. The molecule has 0 aliphatic heterocycles. The largest absolute Gasteiger partial charge is 0.491 e. The van der Waals surface area contributed by atoms with Crippen molar-refractivity contribution >= 4 is 29.2 Å². The minimum Gasteiger partial charge on any atom is -0.491 e. The van der Waals surface area contributed by atoms with Crippen LogP contribution in [0.4, 0.5) is 17.1 Å². The van der Waals surface area contributed by atoms with E-state index in [-0.39, 0.29) is 13.2 Å². The van der Waals surface area contributed by atoms with Crippen LogP contribution in [0.3, 0.4) is 0 Å². The minimum absolute atomic E-state index is 0.0697. The molecule has 1 unspecified atom stereocenters. The maximum atomic E-state index is 9.40. The molecule has 0 radical (unpaired) electrons. The fraction of sp³-hybridized carbons (Fsp3) is 0.161. The third-order valence-corrected chi connectivity index (χ3v) is 5.74. The molecule has 0 saturated carbocycles. The highest BCUT2D eigenvalue weighted by atomic mass is 16.5. The lowest BCUT2D eigenvalue weighted by atomic mass is 10.1. The first kappa shape index (κ1) is 24.3. The van der Waals surface area contributed by atoms with Gasteiger partial charge in [0.1, 0.15) is 18.5 Å². The molecular weight excluding hydrogens is 434 g/mol. The number of aryl methyl sites for hydroxylation is 2. The van der Waals surface area contributed by atoms with Crippen molar-refractivity contribution < 1.29 is 14.9 Å². The van der Waals surface area contributed by atoms with Gasteiger partial charge in [0, 0.05) is 17.1 Å². The number of anilines is 3. The number of rotatable bonds is 9. The lowest BCUT2D eigenvalue weighted by molar-refractivity contribution is 0.0536. The zero-order valence-electron chi connectivity index (χ0n) is 20.1. The molecule has 0 saturated heterocycles. The summed E-state index contributed by atoms with van der Waals surface area (Å²) in [5.74, 6) is 0.659. The van der Waals surface area contributed by atoms with Gasteiger partial charge in [-0.25, -0.2) is 0 Å². The van der Waals surface area contributed by atoms with Gasteiger partial charge in [0.15, 0.2) is 0 Å². The van der Waals surface area contributed by atoms with Crippen molar-refractivity contribution in [1.29, 1.82) is 0 Å². The monoisotopic (exact) mass is 465 g/mol. The van der Waals surface area contributed by atoms with Crippen molar-refractivity contribution in [1.82, 2.24) is 0 Å². The van der Waals surface area contributed by atoms with Gasteiger partial charge in [0.2, 0.25) is 0 Å². The predicted octanol–water partition coefficient (Wildman–Crippen LogP) is 6.68. The van der Waals surface area contributed by atoms with Gasteiger partial charge in [-0.1, -0.05) is 71.8 Å². The Morgan fingerprint density at radius 3 is 1.49 bits per heavy atom. The van der Waals surface area contributed by atoms with Crippen LogP contribution in [0.5, 0.6) is 5.75 Å². The van der Waals surface area contributed by atoms with E-state index in [2.05, 4.69) is 104 Å². The maximum Gasteiger partial charge on any atom is 0.119 e. The molecular formula is C31H31NO3. The first-order chi connectivity index (χ1) is 17.0. The summed E-state index contributed by atoms with van der Waals surface area (Å²) in [6, 6.07) is 33.3. The fourth-order valence-electron chi connectivity index (χ4n) is 3.68. The lowest BCUT2D eigenvalue weighted by Crippen LogP contribution is -2.21. The minimum atomic E-state index is -0.870. The van der Waals surface area contributed by atoms with Crippen LogP contribution >= 0.6 is 0 Å². The molecule has 0 spiro atoms. The average molecular weight is 466 g/mol. The van der Waals surface area contributed by atoms with Crippen LogP contribution in [-0.4, -0.2) is 29.5 Å². The zero-order chi connectivity index (χ0) is 24.6. The molecule has 1 atom stereocenters. The Labute approximate surface area is 207 Å². The standard InChI is InChI=1S/C31H31NO3/c1-23-3-13-27(14-4-23)32(28-15-5-24(2)6-16-28)29-17-9-25(10-18-29)7-8-26-11-19-31(20-12-26)35-22-30(34)21-33/h3-20,30,33-34H,21-22H2,1-2H3/b8-7+. The SMILES string of the molecule is Cc1ccc(N(c2ccc(C)cc2)c2ccc(/C=C/c3ccc(OCC(O)CO)cc3)cc2)cc1. The molecule has 0 fully saturated rings. The molecule has 178 valence electrons. The Hall–Kier alpha value is -3.86. The summed E-state index contributed by atoms with van der Waals surface area (Å²) in [6.45, 7) is 3.96. The average Bonchev–Trinajstić information content (AvgIpc) is 2.89. The topological polar surface area (TPSA) is 52.9 Å². The van der Waals surface area contributed by atoms with Crippen LogP contribution in [0.2, 0.25) is 0 Å². The molecule has 4 aromatic rings. The highest BCUT2D eigenvalue weighted by Crippen LogP contribution is 2.34. The molecule has 2 N–H and O–H groups in total. The summed E-state index contributed by atoms with van der Waals surface area (Å²) in [5, 5.41) is 18.3. The van der Waals surface area contributed by atoms with E-state index in [1.165, 1.54) is 11.1 Å². The van der Waals surface area contributed by atoms with Gasteiger partial charge < -0.3 is 19.8 Å². The van der Waals surface area contributed by atoms with Crippen LogP contribution in [0, 0.1) is 13.8 Å². The number of aliphatic hydroxyl groups excluding tert-OH is 2. The first-order valence-electron chi connectivity index (χ1n) is 11.8. The van der Waals surface area contributed by atoms with Gasteiger partial charge in [-0.15, -0.1) is 0 Å². The molecule has 0 amide bonds. The summed E-state index contributed by atoms with van der Waals surface area (Å²) in [4.78, 5) is 2.26. The van der Waals surface area contributed by atoms with E-state index in [1.807, 2.05) is 24.3 Å². The van der Waals surface area contributed by atoms with Crippen LogP contribution < -0.4 is 9.64 Å². The zero-order valence-corrected chi connectivity index (χ0v) is 20.1. The van der Waals surface area contributed by atoms with Gasteiger partial charge in [-0.2, -0.15) is 0 Å². The van der Waals surface area contributed by atoms with Crippen molar-refractivity contribution in [3.05, 3.63) is 119 Å². The Morgan fingerprint density at radius 1 is 0.657 bits per heavy atom. The smallest absolute Gasteiger partial charge is 0.119 e. The molecule has 4 rings (SSSR count). The second kappa shape index (κ2) is 11.5. The Bertz CT molecular complexity index is 1180. The Morgan fingerprint density at radius 2 is 1.06 bits per heavy atom. The highest BCUT2D eigenvalue weighted by Gasteiger charge is 2.12. The predicted molar refractivity (Wildman–Crippen MR) is 145 cm³/mol.